The van der Waals surface area contributed by atoms with E-state index in [0.717, 1.165) is 50.7 Å². The fourth-order valence-corrected chi connectivity index (χ4v) is 3.44. The largest absolute Gasteiger partial charge is 0.469 e. The van der Waals surface area contributed by atoms with E-state index in [1.54, 1.807) is 6.26 Å². The number of guanidine groups is 1. The zero-order valence-corrected chi connectivity index (χ0v) is 19.9. The Labute approximate surface area is 182 Å². The summed E-state index contributed by atoms with van der Waals surface area (Å²) in [6.45, 7) is 13.6. The fraction of sp³-hybridized carbons (Fsp3) is 0.762. The van der Waals surface area contributed by atoms with Gasteiger partial charge in [0.15, 0.2) is 5.96 Å². The van der Waals surface area contributed by atoms with Gasteiger partial charge in [0.05, 0.1) is 12.4 Å². The molecular weight excluding hydrogens is 453 g/mol. The summed E-state index contributed by atoms with van der Waals surface area (Å²) in [6, 6.07) is 4.33. The normalized spacial score (nSPS) is 22.0. The number of furan rings is 1. The summed E-state index contributed by atoms with van der Waals surface area (Å²) in [5.41, 5.74) is 0.150. The monoisotopic (exact) mass is 491 g/mol. The molecule has 5 nitrogen and oxygen atoms in total. The maximum Gasteiger partial charge on any atom is 0.191 e. The molecule has 0 aromatic carbocycles. The molecule has 3 unspecified atom stereocenters. The molecule has 1 aliphatic heterocycles. The maximum atomic E-state index is 6.10. The van der Waals surface area contributed by atoms with Crippen LogP contribution < -0.4 is 10.6 Å². The number of nitrogens with one attached hydrogen (secondary N) is 2. The number of nitrogens with zero attached hydrogens (tertiary/aromatic N) is 1. The molecule has 1 saturated heterocycles. The first-order chi connectivity index (χ1) is 12.4. The lowest BCUT2D eigenvalue weighted by atomic mass is 9.78. The second-order valence-electron chi connectivity index (χ2n) is 8.46. The summed E-state index contributed by atoms with van der Waals surface area (Å²) in [6.07, 6.45) is 6.23. The molecule has 2 heterocycles. The number of aliphatic imine (C=N–C) groups is 1. The molecule has 2 N–H and O–H groups in total. The first kappa shape index (κ1) is 24.3. The van der Waals surface area contributed by atoms with Crippen LogP contribution in [-0.2, 0) is 11.2 Å². The van der Waals surface area contributed by atoms with Crippen LogP contribution in [0.2, 0.25) is 0 Å². The van der Waals surface area contributed by atoms with Gasteiger partial charge >= 0.3 is 0 Å². The topological polar surface area (TPSA) is 58.8 Å². The van der Waals surface area contributed by atoms with Crippen molar-refractivity contribution in [2.75, 3.05) is 19.7 Å². The molecule has 1 fully saturated rings. The van der Waals surface area contributed by atoms with E-state index in [-0.39, 0.29) is 35.5 Å². The minimum atomic E-state index is 0. The van der Waals surface area contributed by atoms with Gasteiger partial charge in [-0.15, -0.1) is 24.0 Å². The third-order valence-electron chi connectivity index (χ3n) is 5.02. The van der Waals surface area contributed by atoms with E-state index in [0.29, 0.717) is 12.0 Å². The molecule has 0 saturated carbocycles. The first-order valence-electron chi connectivity index (χ1n) is 10.1. The molecule has 0 aliphatic carbocycles. The van der Waals surface area contributed by atoms with Gasteiger partial charge in [-0.3, -0.25) is 4.99 Å². The predicted octanol–water partition coefficient (Wildman–Crippen LogP) is 4.62. The second kappa shape index (κ2) is 11.9. The van der Waals surface area contributed by atoms with Crippen LogP contribution in [0.1, 0.15) is 59.6 Å². The van der Waals surface area contributed by atoms with E-state index in [4.69, 9.17) is 14.1 Å². The molecule has 0 radical (unpaired) electrons. The van der Waals surface area contributed by atoms with Crippen molar-refractivity contribution < 1.29 is 9.15 Å². The highest BCUT2D eigenvalue weighted by Gasteiger charge is 2.35. The standard InChI is InChI=1S/C21H37N3O2.HI/c1-6-16(2)24-20(22-12-11-18-10-8-13-25-18)23-15-17-9-7-14-26-19(17)21(3,4)5;/h8,10,13,16-17,19H,6-7,9,11-12,14-15H2,1-5H3,(H2,22,23,24);1H. The van der Waals surface area contributed by atoms with Crippen molar-refractivity contribution in [3.8, 4) is 0 Å². The smallest absolute Gasteiger partial charge is 0.191 e. The second-order valence-corrected chi connectivity index (χ2v) is 8.46. The molecule has 1 aromatic rings. The number of ether oxygens (including phenoxy) is 1. The van der Waals surface area contributed by atoms with Crippen LogP contribution in [0.5, 0.6) is 0 Å². The molecule has 0 bridgehead atoms. The number of rotatable bonds is 7. The summed E-state index contributed by atoms with van der Waals surface area (Å²) in [7, 11) is 0. The molecule has 3 atom stereocenters. The minimum Gasteiger partial charge on any atom is -0.469 e. The first-order valence-corrected chi connectivity index (χ1v) is 10.1. The summed E-state index contributed by atoms with van der Waals surface area (Å²) in [4.78, 5) is 4.90. The Kier molecular flexibility index (Phi) is 10.7. The summed E-state index contributed by atoms with van der Waals surface area (Å²) in [5.74, 6) is 2.36. The average molecular weight is 491 g/mol. The third-order valence-corrected chi connectivity index (χ3v) is 5.02. The van der Waals surface area contributed by atoms with Crippen LogP contribution in [0.25, 0.3) is 0 Å². The highest BCUT2D eigenvalue weighted by Crippen LogP contribution is 2.34. The highest BCUT2D eigenvalue weighted by atomic mass is 127. The molecule has 1 aromatic heterocycles. The van der Waals surface area contributed by atoms with E-state index >= 15 is 0 Å². The molecule has 156 valence electrons. The van der Waals surface area contributed by atoms with Gasteiger partial charge in [-0.25, -0.2) is 0 Å². The molecular formula is C21H38IN3O2. The molecule has 6 heteroatoms. The summed E-state index contributed by atoms with van der Waals surface area (Å²) in [5, 5.41) is 6.96. The third kappa shape index (κ3) is 8.42. The van der Waals surface area contributed by atoms with Crippen LogP contribution in [0.15, 0.2) is 27.8 Å². The van der Waals surface area contributed by atoms with Gasteiger partial charge in [0.2, 0.25) is 0 Å². The summed E-state index contributed by atoms with van der Waals surface area (Å²) < 4.78 is 11.5. The van der Waals surface area contributed by atoms with Crippen LogP contribution in [0.4, 0.5) is 0 Å². The molecule has 0 spiro atoms. The Bertz CT molecular complexity index is 540. The number of hydrogen-bond acceptors (Lipinski definition) is 3. The van der Waals surface area contributed by atoms with Crippen molar-refractivity contribution in [3.63, 3.8) is 0 Å². The Morgan fingerprint density at radius 1 is 1.37 bits per heavy atom. The molecule has 0 amide bonds. The van der Waals surface area contributed by atoms with Gasteiger partial charge in [0.1, 0.15) is 5.76 Å². The van der Waals surface area contributed by atoms with Crippen LogP contribution in [0, 0.1) is 11.3 Å². The Balaban J connectivity index is 0.00000364. The van der Waals surface area contributed by atoms with Crippen molar-refractivity contribution in [1.82, 2.24) is 10.6 Å². The van der Waals surface area contributed by atoms with Crippen molar-refractivity contribution in [3.05, 3.63) is 24.2 Å². The van der Waals surface area contributed by atoms with E-state index in [2.05, 4.69) is 45.3 Å². The van der Waals surface area contributed by atoms with Crippen molar-refractivity contribution in [2.24, 2.45) is 16.3 Å². The lowest BCUT2D eigenvalue weighted by molar-refractivity contribution is -0.0823. The van der Waals surface area contributed by atoms with Gasteiger partial charge in [-0.05, 0) is 43.7 Å². The zero-order chi connectivity index (χ0) is 19.0. The van der Waals surface area contributed by atoms with Crippen LogP contribution in [0.3, 0.4) is 0 Å². The lowest BCUT2D eigenvalue weighted by Crippen LogP contribution is -2.44. The molecule has 27 heavy (non-hydrogen) atoms. The zero-order valence-electron chi connectivity index (χ0n) is 17.6. The minimum absolute atomic E-state index is 0. The SMILES string of the molecule is CCC(C)NC(=NCC1CCCOC1C(C)(C)C)NCCc1ccco1.I. The van der Waals surface area contributed by atoms with E-state index in [1.165, 1.54) is 6.42 Å². The van der Waals surface area contributed by atoms with Crippen molar-refractivity contribution in [1.29, 1.82) is 0 Å². The maximum absolute atomic E-state index is 6.10. The van der Waals surface area contributed by atoms with Gasteiger partial charge in [0, 0.05) is 38.1 Å². The van der Waals surface area contributed by atoms with Gasteiger partial charge < -0.3 is 19.8 Å². The molecule has 1 aliphatic rings. The van der Waals surface area contributed by atoms with E-state index in [9.17, 15) is 0 Å². The Morgan fingerprint density at radius 2 is 2.15 bits per heavy atom. The Hall–Kier alpha value is -0.760. The molecule has 2 rings (SSSR count). The highest BCUT2D eigenvalue weighted by molar-refractivity contribution is 14.0. The lowest BCUT2D eigenvalue weighted by Gasteiger charge is -2.39. The average Bonchev–Trinajstić information content (AvgIpc) is 3.12. The van der Waals surface area contributed by atoms with Gasteiger partial charge in [-0.2, -0.15) is 0 Å². The van der Waals surface area contributed by atoms with Crippen molar-refractivity contribution in [2.45, 2.75) is 72.4 Å². The Morgan fingerprint density at radius 3 is 2.78 bits per heavy atom. The van der Waals surface area contributed by atoms with Gasteiger partial charge in [-0.1, -0.05) is 27.7 Å². The van der Waals surface area contributed by atoms with Crippen LogP contribution >= 0.6 is 24.0 Å². The fourth-order valence-electron chi connectivity index (χ4n) is 3.44. The van der Waals surface area contributed by atoms with E-state index in [1.807, 2.05) is 12.1 Å². The summed E-state index contributed by atoms with van der Waals surface area (Å²) >= 11 is 0. The van der Waals surface area contributed by atoms with Gasteiger partial charge in [0.25, 0.3) is 0 Å². The van der Waals surface area contributed by atoms with E-state index < -0.39 is 0 Å². The number of halogens is 1. The predicted molar refractivity (Wildman–Crippen MR) is 123 cm³/mol. The van der Waals surface area contributed by atoms with Crippen molar-refractivity contribution >= 4 is 29.9 Å². The quantitative estimate of drug-likeness (QED) is 0.332. The number of hydrogen-bond donors (Lipinski definition) is 2. The van der Waals surface area contributed by atoms with Crippen LogP contribution in [-0.4, -0.2) is 37.8 Å².